The second kappa shape index (κ2) is 5.07. The molecule has 86 valence electrons. The lowest BCUT2D eigenvalue weighted by Gasteiger charge is -2.05. The first-order valence-electron chi connectivity index (χ1n) is 5.02. The van der Waals surface area contributed by atoms with Gasteiger partial charge in [0.15, 0.2) is 0 Å². The third-order valence-corrected chi connectivity index (χ3v) is 3.96. The van der Waals surface area contributed by atoms with Crippen LogP contribution in [0.15, 0.2) is 20.3 Å². The average Bonchev–Trinajstić information content (AvgIpc) is 2.86. The van der Waals surface area contributed by atoms with Crippen molar-refractivity contribution in [1.29, 1.82) is 0 Å². The highest BCUT2D eigenvalue weighted by atomic mass is 79.9. The molecule has 0 aromatic carbocycles. The summed E-state index contributed by atoms with van der Waals surface area (Å²) in [5.41, 5.74) is 0. The van der Waals surface area contributed by atoms with Crippen LogP contribution in [0, 0.1) is 0 Å². The first kappa shape index (κ1) is 11.8. The minimum absolute atomic E-state index is 0.0880. The van der Waals surface area contributed by atoms with Crippen molar-refractivity contribution in [1.82, 2.24) is 15.5 Å². The van der Waals surface area contributed by atoms with E-state index in [1.54, 1.807) is 11.3 Å². The van der Waals surface area contributed by atoms with Crippen LogP contribution in [0.3, 0.4) is 0 Å². The molecule has 0 aliphatic heterocycles. The third-order valence-electron chi connectivity index (χ3n) is 2.13. The van der Waals surface area contributed by atoms with Gasteiger partial charge in [0.1, 0.15) is 4.88 Å². The molecule has 2 rings (SSSR count). The fourth-order valence-electron chi connectivity index (χ4n) is 1.34. The lowest BCUT2D eigenvalue weighted by atomic mass is 10.3. The predicted octanol–water partition coefficient (Wildman–Crippen LogP) is 3.23. The van der Waals surface area contributed by atoms with Crippen LogP contribution >= 0.6 is 27.3 Å². The van der Waals surface area contributed by atoms with Crippen LogP contribution in [-0.2, 0) is 0 Å². The largest absolute Gasteiger partial charge is 0.418 e. The van der Waals surface area contributed by atoms with E-state index in [1.165, 1.54) is 0 Å². The van der Waals surface area contributed by atoms with Crippen molar-refractivity contribution < 1.29 is 4.42 Å². The summed E-state index contributed by atoms with van der Waals surface area (Å²) in [4.78, 5) is 0.974. The van der Waals surface area contributed by atoms with E-state index >= 15 is 0 Å². The van der Waals surface area contributed by atoms with E-state index in [0.717, 1.165) is 15.9 Å². The van der Waals surface area contributed by atoms with Gasteiger partial charge in [0.25, 0.3) is 5.89 Å². The lowest BCUT2D eigenvalue weighted by molar-refractivity contribution is 0.429. The van der Waals surface area contributed by atoms with Gasteiger partial charge >= 0.3 is 0 Å². The zero-order valence-corrected chi connectivity index (χ0v) is 11.4. The van der Waals surface area contributed by atoms with Crippen LogP contribution in [0.25, 0.3) is 10.8 Å². The molecule has 0 radical (unpaired) electrons. The Bertz CT molecular complexity index is 468. The summed E-state index contributed by atoms with van der Waals surface area (Å²) in [5.74, 6) is 1.19. The molecule has 2 aromatic rings. The van der Waals surface area contributed by atoms with Crippen LogP contribution in [0.5, 0.6) is 0 Å². The number of thiophene rings is 1. The number of hydrogen-bond acceptors (Lipinski definition) is 5. The van der Waals surface area contributed by atoms with Gasteiger partial charge in [-0.3, -0.25) is 0 Å². The number of rotatable bonds is 4. The quantitative estimate of drug-likeness (QED) is 0.942. The molecule has 0 saturated heterocycles. The van der Waals surface area contributed by atoms with Crippen molar-refractivity contribution in [2.45, 2.75) is 19.9 Å². The maximum atomic E-state index is 5.62. The summed E-state index contributed by atoms with van der Waals surface area (Å²) < 4.78 is 6.61. The molecule has 4 nitrogen and oxygen atoms in total. The molecule has 16 heavy (non-hydrogen) atoms. The van der Waals surface area contributed by atoms with Crippen LogP contribution in [-0.4, -0.2) is 16.7 Å². The van der Waals surface area contributed by atoms with Crippen LogP contribution in [0.1, 0.15) is 25.8 Å². The zero-order chi connectivity index (χ0) is 11.5. The number of hydrogen-bond donors (Lipinski definition) is 1. The summed E-state index contributed by atoms with van der Waals surface area (Å²) in [7, 11) is 0. The maximum absolute atomic E-state index is 5.62. The van der Waals surface area contributed by atoms with Gasteiger partial charge in [0.05, 0.1) is 6.04 Å². The van der Waals surface area contributed by atoms with Gasteiger partial charge in [-0.25, -0.2) is 0 Å². The summed E-state index contributed by atoms with van der Waals surface area (Å²) in [5, 5.41) is 13.3. The number of nitrogens with zero attached hydrogens (tertiary/aromatic N) is 2. The van der Waals surface area contributed by atoms with Crippen molar-refractivity contribution >= 4 is 27.3 Å². The summed E-state index contributed by atoms with van der Waals surface area (Å²) >= 11 is 5.02. The monoisotopic (exact) mass is 301 g/mol. The van der Waals surface area contributed by atoms with E-state index < -0.39 is 0 Å². The molecule has 0 aliphatic rings. The maximum Gasteiger partial charge on any atom is 0.258 e. The Balaban J connectivity index is 2.23. The van der Waals surface area contributed by atoms with Crippen LogP contribution in [0.2, 0.25) is 0 Å². The topological polar surface area (TPSA) is 51.0 Å². The highest BCUT2D eigenvalue weighted by Crippen LogP contribution is 2.32. The zero-order valence-electron chi connectivity index (χ0n) is 9.03. The van der Waals surface area contributed by atoms with E-state index in [9.17, 15) is 0 Å². The van der Waals surface area contributed by atoms with Gasteiger partial charge in [0.2, 0.25) is 5.89 Å². The van der Waals surface area contributed by atoms with Gasteiger partial charge in [0, 0.05) is 4.47 Å². The third kappa shape index (κ3) is 2.34. The molecule has 0 amide bonds. The second-order valence-corrected chi connectivity index (χ2v) is 5.09. The SMILES string of the molecule is CCNC(C)c1nnc(-c2sccc2Br)o1. The molecule has 0 spiro atoms. The van der Waals surface area contributed by atoms with Gasteiger partial charge in [-0.15, -0.1) is 21.5 Å². The van der Waals surface area contributed by atoms with Gasteiger partial charge in [-0.2, -0.15) is 0 Å². The number of halogens is 1. The molecule has 1 atom stereocenters. The molecule has 0 bridgehead atoms. The smallest absolute Gasteiger partial charge is 0.258 e. The van der Waals surface area contributed by atoms with Crippen molar-refractivity contribution in [2.24, 2.45) is 0 Å². The average molecular weight is 302 g/mol. The molecule has 6 heteroatoms. The molecule has 2 heterocycles. The molecule has 0 aliphatic carbocycles. The van der Waals surface area contributed by atoms with E-state index in [1.807, 2.05) is 25.3 Å². The van der Waals surface area contributed by atoms with Crippen LogP contribution in [0.4, 0.5) is 0 Å². The fraction of sp³-hybridized carbons (Fsp3) is 0.400. The normalized spacial score (nSPS) is 12.9. The Hall–Kier alpha value is -0.720. The van der Waals surface area contributed by atoms with Crippen LogP contribution < -0.4 is 5.32 Å². The lowest BCUT2D eigenvalue weighted by Crippen LogP contribution is -2.17. The first-order valence-corrected chi connectivity index (χ1v) is 6.69. The summed E-state index contributed by atoms with van der Waals surface area (Å²) in [6.45, 7) is 4.93. The minimum atomic E-state index is 0.0880. The Morgan fingerprint density at radius 1 is 1.56 bits per heavy atom. The van der Waals surface area contributed by atoms with Crippen molar-refractivity contribution in [2.75, 3.05) is 6.54 Å². The number of nitrogens with one attached hydrogen (secondary N) is 1. The Kier molecular flexibility index (Phi) is 3.73. The Morgan fingerprint density at radius 3 is 3.00 bits per heavy atom. The molecule has 1 unspecified atom stereocenters. The van der Waals surface area contributed by atoms with Crippen molar-refractivity contribution in [3.8, 4) is 10.8 Å². The van der Waals surface area contributed by atoms with E-state index in [4.69, 9.17) is 4.42 Å². The minimum Gasteiger partial charge on any atom is -0.418 e. The molecule has 0 saturated carbocycles. The van der Waals surface area contributed by atoms with Gasteiger partial charge in [-0.05, 0) is 40.8 Å². The van der Waals surface area contributed by atoms with Crippen molar-refractivity contribution in [3.05, 3.63) is 21.8 Å². The highest BCUT2D eigenvalue weighted by molar-refractivity contribution is 9.10. The Labute approximate surface area is 106 Å². The molecular formula is C10H12BrN3OS. The van der Waals surface area contributed by atoms with E-state index in [-0.39, 0.29) is 6.04 Å². The standard InChI is InChI=1S/C10H12BrN3OS/c1-3-12-6(2)9-13-14-10(15-9)8-7(11)4-5-16-8/h4-6,12H,3H2,1-2H3. The van der Waals surface area contributed by atoms with Gasteiger partial charge in [-0.1, -0.05) is 6.92 Å². The molecule has 0 fully saturated rings. The first-order chi connectivity index (χ1) is 7.72. The molecule has 2 aromatic heterocycles. The van der Waals surface area contributed by atoms with Crippen molar-refractivity contribution in [3.63, 3.8) is 0 Å². The van der Waals surface area contributed by atoms with Gasteiger partial charge < -0.3 is 9.73 Å². The number of aromatic nitrogens is 2. The summed E-state index contributed by atoms with van der Waals surface area (Å²) in [6.07, 6.45) is 0. The predicted molar refractivity (Wildman–Crippen MR) is 67.4 cm³/mol. The highest BCUT2D eigenvalue weighted by Gasteiger charge is 2.16. The summed E-state index contributed by atoms with van der Waals surface area (Å²) in [6, 6.07) is 2.06. The van der Waals surface area contributed by atoms with E-state index in [0.29, 0.717) is 11.8 Å². The van der Waals surface area contributed by atoms with E-state index in [2.05, 4.69) is 31.4 Å². The Morgan fingerprint density at radius 2 is 2.38 bits per heavy atom. The fourth-order valence-corrected chi connectivity index (χ4v) is 2.80. The molecular weight excluding hydrogens is 290 g/mol. The molecule has 1 N–H and O–H groups in total. The second-order valence-electron chi connectivity index (χ2n) is 3.32.